The Hall–Kier alpha value is -3.02. The maximum atomic E-state index is 13.2. The van der Waals surface area contributed by atoms with Gasteiger partial charge in [0.15, 0.2) is 0 Å². The van der Waals surface area contributed by atoms with Crippen LogP contribution in [0, 0.1) is 17.1 Å². The average Bonchev–Trinajstić information content (AvgIpc) is 3.00. The van der Waals surface area contributed by atoms with Gasteiger partial charge in [0.25, 0.3) is 0 Å². The van der Waals surface area contributed by atoms with Gasteiger partial charge in [0.2, 0.25) is 5.91 Å². The maximum Gasteiger partial charge on any atom is 0.325 e. The Bertz CT molecular complexity index is 986. The number of urea groups is 1. The summed E-state index contributed by atoms with van der Waals surface area (Å²) in [7, 11) is 0. The van der Waals surface area contributed by atoms with Crippen molar-refractivity contribution in [1.82, 2.24) is 5.32 Å². The third-order valence-corrected chi connectivity index (χ3v) is 5.55. The minimum Gasteiger partial charge on any atom is -0.393 e. The number of imide groups is 1. The first-order valence-corrected chi connectivity index (χ1v) is 9.34. The molecule has 0 saturated heterocycles. The molecule has 0 bridgehead atoms. The van der Waals surface area contributed by atoms with Crippen LogP contribution in [0.4, 0.5) is 14.9 Å². The quantitative estimate of drug-likeness (QED) is 0.706. The van der Waals surface area contributed by atoms with Gasteiger partial charge in [-0.15, -0.1) is 0 Å². The van der Waals surface area contributed by atoms with Crippen LogP contribution in [-0.2, 0) is 4.79 Å². The van der Waals surface area contributed by atoms with Crippen LogP contribution in [0.25, 0.3) is 0 Å². The molecule has 1 heterocycles. The number of nitriles is 1. The third-order valence-electron chi connectivity index (χ3n) is 4.08. The Morgan fingerprint density at radius 3 is 2.39 bits per heavy atom. The van der Waals surface area contributed by atoms with Gasteiger partial charge in [-0.3, -0.25) is 10.1 Å². The van der Waals surface area contributed by atoms with Crippen LogP contribution in [0.1, 0.15) is 11.5 Å². The van der Waals surface area contributed by atoms with Crippen molar-refractivity contribution in [2.45, 2.75) is 11.2 Å². The zero-order chi connectivity index (χ0) is 20.3. The van der Waals surface area contributed by atoms with E-state index in [2.05, 4.69) is 10.6 Å². The molecule has 0 radical (unpaired) electrons. The molecule has 0 saturated carbocycles. The number of halogens is 2. The van der Waals surface area contributed by atoms with Gasteiger partial charge in [-0.25, -0.2) is 9.18 Å². The van der Waals surface area contributed by atoms with Gasteiger partial charge in [-0.05, 0) is 42.0 Å². The zero-order valence-electron chi connectivity index (χ0n) is 14.3. The van der Waals surface area contributed by atoms with Gasteiger partial charge in [0.1, 0.15) is 11.1 Å². The Labute approximate surface area is 169 Å². The van der Waals surface area contributed by atoms with Crippen molar-refractivity contribution >= 4 is 41.0 Å². The number of amides is 3. The lowest BCUT2D eigenvalue weighted by Gasteiger charge is -2.19. The fourth-order valence-electron chi connectivity index (χ4n) is 2.79. The van der Waals surface area contributed by atoms with E-state index in [4.69, 9.17) is 17.3 Å². The first-order chi connectivity index (χ1) is 13.4. The number of nitrogens with two attached hydrogens (primary N) is 1. The Morgan fingerprint density at radius 2 is 1.79 bits per heavy atom. The van der Waals surface area contributed by atoms with Gasteiger partial charge >= 0.3 is 6.03 Å². The number of nitrogens with zero attached hydrogens (tertiary/aromatic N) is 1. The Kier molecular flexibility index (Phi) is 5.87. The second kappa shape index (κ2) is 8.33. The number of rotatable bonds is 3. The first-order valence-electron chi connectivity index (χ1n) is 8.08. The summed E-state index contributed by atoms with van der Waals surface area (Å²) in [5, 5.41) is 14.1. The van der Waals surface area contributed by atoms with Crippen LogP contribution in [0.5, 0.6) is 0 Å². The molecule has 0 aromatic heterocycles. The van der Waals surface area contributed by atoms with E-state index in [1.807, 2.05) is 6.07 Å². The minimum absolute atomic E-state index is 0.204. The predicted molar refractivity (Wildman–Crippen MR) is 106 cm³/mol. The smallest absolute Gasteiger partial charge is 0.325 e. The first kappa shape index (κ1) is 19.7. The number of benzene rings is 2. The topological polar surface area (TPSA) is 108 Å². The summed E-state index contributed by atoms with van der Waals surface area (Å²) in [5.74, 6) is -1.73. The summed E-state index contributed by atoms with van der Waals surface area (Å²) in [4.78, 5) is 24.8. The van der Waals surface area contributed by atoms with Crippen molar-refractivity contribution in [2.24, 2.45) is 5.73 Å². The highest BCUT2D eigenvalue weighted by Crippen LogP contribution is 2.45. The average molecular weight is 417 g/mol. The van der Waals surface area contributed by atoms with E-state index in [1.54, 1.807) is 24.3 Å². The van der Waals surface area contributed by atoms with Crippen molar-refractivity contribution in [2.75, 3.05) is 5.32 Å². The van der Waals surface area contributed by atoms with Gasteiger partial charge in [0, 0.05) is 16.6 Å². The molecule has 3 rings (SSSR count). The molecule has 6 nitrogen and oxygen atoms in total. The highest BCUT2D eigenvalue weighted by atomic mass is 35.5. The zero-order valence-corrected chi connectivity index (χ0v) is 15.9. The maximum absolute atomic E-state index is 13.2. The highest BCUT2D eigenvalue weighted by Gasteiger charge is 2.41. The summed E-state index contributed by atoms with van der Waals surface area (Å²) < 4.78 is 13.2. The highest BCUT2D eigenvalue weighted by molar-refractivity contribution is 8.04. The van der Waals surface area contributed by atoms with Crippen LogP contribution in [-0.4, -0.2) is 17.2 Å². The van der Waals surface area contributed by atoms with Crippen LogP contribution in [0.3, 0.4) is 0 Å². The third kappa shape index (κ3) is 4.27. The molecule has 9 heteroatoms. The van der Waals surface area contributed by atoms with E-state index in [1.165, 1.54) is 24.3 Å². The van der Waals surface area contributed by atoms with Crippen molar-refractivity contribution < 1.29 is 14.0 Å². The summed E-state index contributed by atoms with van der Waals surface area (Å²) in [6.07, 6.45) is 0. The predicted octanol–water partition coefficient (Wildman–Crippen LogP) is 3.72. The molecule has 28 heavy (non-hydrogen) atoms. The number of allylic oxidation sites excluding steroid dienone is 1. The van der Waals surface area contributed by atoms with E-state index in [-0.39, 0.29) is 10.6 Å². The number of hydrogen-bond acceptors (Lipinski definition) is 5. The largest absolute Gasteiger partial charge is 0.393 e. The monoisotopic (exact) mass is 416 g/mol. The number of nitrogens with one attached hydrogen (secondary N) is 2. The van der Waals surface area contributed by atoms with Gasteiger partial charge in [-0.2, -0.15) is 5.26 Å². The number of hydrogen-bond donors (Lipinski definition) is 3. The summed E-state index contributed by atoms with van der Waals surface area (Å²) >= 11 is 6.79. The second-order valence-corrected chi connectivity index (χ2v) is 7.53. The van der Waals surface area contributed by atoms with E-state index in [9.17, 15) is 19.2 Å². The van der Waals surface area contributed by atoms with Crippen LogP contribution in [0.2, 0.25) is 5.02 Å². The molecule has 4 N–H and O–H groups in total. The number of thioether (sulfide) groups is 1. The van der Waals surface area contributed by atoms with Crippen LogP contribution >= 0.6 is 23.4 Å². The second-order valence-electron chi connectivity index (χ2n) is 5.91. The van der Waals surface area contributed by atoms with E-state index in [0.717, 1.165) is 11.8 Å². The van der Waals surface area contributed by atoms with Crippen molar-refractivity contribution in [3.05, 3.63) is 75.5 Å². The molecule has 2 aromatic rings. The van der Waals surface area contributed by atoms with E-state index < -0.39 is 28.9 Å². The molecule has 3 amide bonds. The number of carbonyl (C=O) groups is 2. The standard InChI is InChI=1S/C19H14ClFN4O2S/c20-11-3-7-13(8-4-11)24-19(27)25-18(26)16-15(14(9-22)17(23)28-16)10-1-5-12(21)6-2-10/h1-8,15-16H,23H2,(H2,24,25,26,27). The molecule has 2 aromatic carbocycles. The minimum atomic E-state index is -0.837. The fourth-order valence-corrected chi connectivity index (χ4v) is 4.09. The number of anilines is 1. The van der Waals surface area contributed by atoms with Crippen LogP contribution in [0.15, 0.2) is 59.1 Å². The molecule has 1 aliphatic rings. The van der Waals surface area contributed by atoms with Crippen molar-refractivity contribution in [3.8, 4) is 6.07 Å². The molecule has 1 aliphatic heterocycles. The Morgan fingerprint density at radius 1 is 1.14 bits per heavy atom. The summed E-state index contributed by atoms with van der Waals surface area (Å²) in [6, 6.07) is 13.1. The van der Waals surface area contributed by atoms with Crippen molar-refractivity contribution in [3.63, 3.8) is 0 Å². The van der Waals surface area contributed by atoms with E-state index >= 15 is 0 Å². The molecular formula is C19H14ClFN4O2S. The van der Waals surface area contributed by atoms with Crippen molar-refractivity contribution in [1.29, 1.82) is 5.26 Å². The molecule has 142 valence electrons. The van der Waals surface area contributed by atoms with Gasteiger partial charge in [-0.1, -0.05) is 35.5 Å². The fraction of sp³-hybridized carbons (Fsp3) is 0.105. The summed E-state index contributed by atoms with van der Waals surface area (Å²) in [6.45, 7) is 0. The van der Waals surface area contributed by atoms with Crippen LogP contribution < -0.4 is 16.4 Å². The van der Waals surface area contributed by atoms with E-state index in [0.29, 0.717) is 16.3 Å². The van der Waals surface area contributed by atoms with Gasteiger partial charge in [0.05, 0.1) is 16.7 Å². The lowest BCUT2D eigenvalue weighted by atomic mass is 9.88. The molecule has 0 spiro atoms. The lowest BCUT2D eigenvalue weighted by Crippen LogP contribution is -2.41. The molecule has 0 fully saturated rings. The summed E-state index contributed by atoms with van der Waals surface area (Å²) in [5.41, 5.74) is 7.13. The molecule has 0 aliphatic carbocycles. The molecule has 2 unspecified atom stereocenters. The SMILES string of the molecule is N#CC1=C(N)SC(C(=O)NC(=O)Nc2ccc(Cl)cc2)C1c1ccc(F)cc1. The van der Waals surface area contributed by atoms with Gasteiger partial charge < -0.3 is 11.1 Å². The lowest BCUT2D eigenvalue weighted by molar-refractivity contribution is -0.119. The Balaban J connectivity index is 1.76. The molecular weight excluding hydrogens is 403 g/mol. The normalized spacial score (nSPS) is 18.5. The molecule has 2 atom stereocenters. The number of carbonyl (C=O) groups excluding carboxylic acids is 2.